The summed E-state index contributed by atoms with van der Waals surface area (Å²) in [5.41, 5.74) is 0. The maximum atomic E-state index is 11.7. The number of hydrogen-bond donors (Lipinski definition) is 3. The fourth-order valence-electron chi connectivity index (χ4n) is 1.56. The average molecular weight is 243 g/mol. The van der Waals surface area contributed by atoms with Crippen LogP contribution in [0.15, 0.2) is 0 Å². The van der Waals surface area contributed by atoms with Gasteiger partial charge in [0.1, 0.15) is 12.6 Å². The largest absolute Gasteiger partial charge is 0.480 e. The third-order valence-electron chi connectivity index (χ3n) is 2.55. The van der Waals surface area contributed by atoms with Crippen molar-refractivity contribution in [3.63, 3.8) is 0 Å². The molecule has 1 atom stereocenters. The van der Waals surface area contributed by atoms with Crippen molar-refractivity contribution in [2.75, 3.05) is 19.6 Å². The lowest BCUT2D eigenvalue weighted by atomic mass is 10.2. The third kappa shape index (κ3) is 3.93. The standard InChI is InChI=1S/C10H17N3O4/c1-2-7(9(15)16)12-10(17)13-5-3-4-11-8(14)6-13/h7H,2-6H2,1H3,(H,11,14)(H,12,17)(H,15,16)/t7-/m1/s1. The second kappa shape index (κ2) is 6.07. The van der Waals surface area contributed by atoms with Crippen molar-refractivity contribution in [3.05, 3.63) is 0 Å². The molecular formula is C10H17N3O4. The highest BCUT2D eigenvalue weighted by molar-refractivity contribution is 5.86. The normalized spacial score (nSPS) is 17.9. The zero-order chi connectivity index (χ0) is 12.8. The van der Waals surface area contributed by atoms with Crippen LogP contribution in [0.1, 0.15) is 19.8 Å². The van der Waals surface area contributed by atoms with Crippen LogP contribution in [0.2, 0.25) is 0 Å². The van der Waals surface area contributed by atoms with Crippen molar-refractivity contribution >= 4 is 17.9 Å². The number of nitrogens with one attached hydrogen (secondary N) is 2. The average Bonchev–Trinajstić information content (AvgIpc) is 2.50. The maximum Gasteiger partial charge on any atom is 0.326 e. The summed E-state index contributed by atoms with van der Waals surface area (Å²) in [6, 6.07) is -1.41. The number of carboxylic acid groups (broad SMARTS) is 1. The van der Waals surface area contributed by atoms with E-state index in [-0.39, 0.29) is 12.5 Å². The number of carbonyl (C=O) groups excluding carboxylic acids is 2. The highest BCUT2D eigenvalue weighted by Gasteiger charge is 2.24. The number of aliphatic carboxylic acids is 1. The lowest BCUT2D eigenvalue weighted by Crippen LogP contribution is -2.49. The van der Waals surface area contributed by atoms with Gasteiger partial charge in [-0.2, -0.15) is 0 Å². The summed E-state index contributed by atoms with van der Waals surface area (Å²) in [6.45, 7) is 2.63. The van der Waals surface area contributed by atoms with E-state index < -0.39 is 18.0 Å². The molecule has 96 valence electrons. The van der Waals surface area contributed by atoms with Crippen LogP contribution in [0.5, 0.6) is 0 Å². The first-order valence-electron chi connectivity index (χ1n) is 5.59. The van der Waals surface area contributed by atoms with Crippen molar-refractivity contribution < 1.29 is 19.5 Å². The molecule has 17 heavy (non-hydrogen) atoms. The molecule has 0 spiro atoms. The van der Waals surface area contributed by atoms with Gasteiger partial charge in [-0.15, -0.1) is 0 Å². The molecule has 3 amide bonds. The van der Waals surface area contributed by atoms with E-state index in [2.05, 4.69) is 10.6 Å². The highest BCUT2D eigenvalue weighted by Crippen LogP contribution is 1.99. The number of hydrogen-bond acceptors (Lipinski definition) is 3. The Morgan fingerprint density at radius 3 is 2.88 bits per heavy atom. The van der Waals surface area contributed by atoms with E-state index in [1.807, 2.05) is 0 Å². The molecule has 1 rings (SSSR count). The minimum atomic E-state index is -1.07. The summed E-state index contributed by atoms with van der Waals surface area (Å²) in [7, 11) is 0. The van der Waals surface area contributed by atoms with Gasteiger partial charge in [-0.1, -0.05) is 6.92 Å². The predicted octanol–water partition coefficient (Wildman–Crippen LogP) is -0.619. The number of rotatable bonds is 3. The lowest BCUT2D eigenvalue weighted by Gasteiger charge is -2.22. The van der Waals surface area contributed by atoms with Gasteiger partial charge in [0.2, 0.25) is 5.91 Å². The molecule has 3 N–H and O–H groups in total. The van der Waals surface area contributed by atoms with Gasteiger partial charge >= 0.3 is 12.0 Å². The van der Waals surface area contributed by atoms with Crippen LogP contribution in [0.25, 0.3) is 0 Å². The van der Waals surface area contributed by atoms with Gasteiger partial charge in [0.05, 0.1) is 0 Å². The summed E-state index contributed by atoms with van der Waals surface area (Å²) >= 11 is 0. The van der Waals surface area contributed by atoms with E-state index in [0.29, 0.717) is 25.9 Å². The SMILES string of the molecule is CC[C@@H](NC(=O)N1CCCNC(=O)C1)C(=O)O. The summed E-state index contributed by atoms with van der Waals surface area (Å²) in [5.74, 6) is -1.29. The Kier molecular flexibility index (Phi) is 4.74. The maximum absolute atomic E-state index is 11.7. The molecule has 0 saturated carbocycles. The van der Waals surface area contributed by atoms with Gasteiger partial charge in [0.25, 0.3) is 0 Å². The topological polar surface area (TPSA) is 98.7 Å². The summed E-state index contributed by atoms with van der Waals surface area (Å²) < 4.78 is 0. The van der Waals surface area contributed by atoms with Crippen molar-refractivity contribution in [1.82, 2.24) is 15.5 Å². The lowest BCUT2D eigenvalue weighted by molar-refractivity contribution is -0.139. The number of amides is 3. The van der Waals surface area contributed by atoms with Gasteiger partial charge in [0.15, 0.2) is 0 Å². The summed E-state index contributed by atoms with van der Waals surface area (Å²) in [5, 5.41) is 13.8. The first-order chi connectivity index (χ1) is 8.04. The molecule has 0 unspecified atom stereocenters. The van der Waals surface area contributed by atoms with Crippen LogP contribution in [0, 0.1) is 0 Å². The number of carboxylic acids is 1. The zero-order valence-electron chi connectivity index (χ0n) is 9.73. The molecule has 0 radical (unpaired) electrons. The Labute approximate surface area is 99.2 Å². The van der Waals surface area contributed by atoms with E-state index in [1.165, 1.54) is 4.90 Å². The van der Waals surface area contributed by atoms with Crippen molar-refractivity contribution in [2.45, 2.75) is 25.8 Å². The Morgan fingerprint density at radius 2 is 2.29 bits per heavy atom. The van der Waals surface area contributed by atoms with Gasteiger partial charge in [-0.05, 0) is 12.8 Å². The van der Waals surface area contributed by atoms with Gasteiger partial charge in [-0.25, -0.2) is 9.59 Å². The number of urea groups is 1. The molecule has 7 nitrogen and oxygen atoms in total. The predicted molar refractivity (Wildman–Crippen MR) is 59.4 cm³/mol. The van der Waals surface area contributed by atoms with E-state index >= 15 is 0 Å². The number of carbonyl (C=O) groups is 3. The van der Waals surface area contributed by atoms with E-state index in [1.54, 1.807) is 6.92 Å². The van der Waals surface area contributed by atoms with Crippen LogP contribution in [0.4, 0.5) is 4.79 Å². The van der Waals surface area contributed by atoms with Crippen molar-refractivity contribution in [1.29, 1.82) is 0 Å². The van der Waals surface area contributed by atoms with Crippen LogP contribution in [-0.4, -0.2) is 53.6 Å². The van der Waals surface area contributed by atoms with Crippen LogP contribution in [0.3, 0.4) is 0 Å². The molecular weight excluding hydrogens is 226 g/mol. The van der Waals surface area contributed by atoms with E-state index in [9.17, 15) is 14.4 Å². The van der Waals surface area contributed by atoms with Crippen LogP contribution in [-0.2, 0) is 9.59 Å². The highest BCUT2D eigenvalue weighted by atomic mass is 16.4. The number of nitrogens with zero attached hydrogens (tertiary/aromatic N) is 1. The molecule has 1 aliphatic heterocycles. The molecule has 0 aromatic heterocycles. The summed E-state index contributed by atoms with van der Waals surface area (Å²) in [4.78, 5) is 35.1. The fourth-order valence-corrected chi connectivity index (χ4v) is 1.56. The molecule has 1 saturated heterocycles. The Hall–Kier alpha value is -1.79. The monoisotopic (exact) mass is 243 g/mol. The molecule has 1 heterocycles. The molecule has 0 aromatic rings. The Bertz CT molecular complexity index is 319. The van der Waals surface area contributed by atoms with Gasteiger partial charge in [0, 0.05) is 13.1 Å². The van der Waals surface area contributed by atoms with Gasteiger partial charge < -0.3 is 20.6 Å². The molecule has 0 bridgehead atoms. The molecule has 0 aliphatic carbocycles. The minimum absolute atomic E-state index is 0.0259. The Morgan fingerprint density at radius 1 is 1.59 bits per heavy atom. The zero-order valence-corrected chi connectivity index (χ0v) is 9.73. The third-order valence-corrected chi connectivity index (χ3v) is 2.55. The van der Waals surface area contributed by atoms with E-state index in [0.717, 1.165) is 0 Å². The summed E-state index contributed by atoms with van der Waals surface area (Å²) in [6.07, 6.45) is 0.976. The minimum Gasteiger partial charge on any atom is -0.480 e. The molecule has 1 fully saturated rings. The first kappa shape index (κ1) is 13.3. The quantitative estimate of drug-likeness (QED) is 0.615. The fraction of sp³-hybridized carbons (Fsp3) is 0.700. The van der Waals surface area contributed by atoms with E-state index in [4.69, 9.17) is 5.11 Å². The molecule has 1 aliphatic rings. The second-order valence-corrected chi connectivity index (χ2v) is 3.87. The smallest absolute Gasteiger partial charge is 0.326 e. The van der Waals surface area contributed by atoms with Crippen LogP contribution >= 0.6 is 0 Å². The van der Waals surface area contributed by atoms with Crippen molar-refractivity contribution in [3.8, 4) is 0 Å². The van der Waals surface area contributed by atoms with Crippen molar-refractivity contribution in [2.24, 2.45) is 0 Å². The van der Waals surface area contributed by atoms with Gasteiger partial charge in [-0.3, -0.25) is 4.79 Å². The molecule has 7 heteroatoms. The Balaban J connectivity index is 2.56. The van der Waals surface area contributed by atoms with Crippen LogP contribution < -0.4 is 10.6 Å². The molecule has 0 aromatic carbocycles. The second-order valence-electron chi connectivity index (χ2n) is 3.87. The first-order valence-corrected chi connectivity index (χ1v) is 5.59.